The van der Waals surface area contributed by atoms with Crippen LogP contribution in [0.25, 0.3) is 0 Å². The van der Waals surface area contributed by atoms with Crippen molar-refractivity contribution in [2.45, 2.75) is 229 Å². The number of Topliss-reactive ketones (excluding diaryl/α,β-unsaturated/α-hetero) is 3. The molecule has 9 nitrogen and oxygen atoms in total. The number of likely N-dealkylation sites (tertiary alicyclic amines) is 1. The van der Waals surface area contributed by atoms with E-state index >= 15 is 0 Å². The number of hydrogen-bond donors (Lipinski definition) is 2. The van der Waals surface area contributed by atoms with Crippen LogP contribution in [0.15, 0.2) is 24.3 Å². The third-order valence-corrected chi connectivity index (χ3v) is 11.3. The van der Waals surface area contributed by atoms with E-state index in [4.69, 9.17) is 4.74 Å². The molecule has 1 fully saturated rings. The van der Waals surface area contributed by atoms with Crippen molar-refractivity contribution < 1.29 is 23.9 Å². The standard InChI is InChI=1S/C50H92N4O5/c1-42(2,3)38(55)48(19,51-45(10,11)12)34-36-53(20)41(58)59-37-28-24-23-26-31-49(52-46(13,14)15,39(56)43(4,5)6)30-25-21-22-27-32-50(40(57)44(7,8)9)33-29-35-54(50)47(16,17)18/h22,24,27-28,51-52H,21,23,25-26,29-37H2,1-20H3/b27-22+,28-24+/t48-,49?,50-/m0/s1. The molecule has 1 rings (SSSR count). The molecule has 0 aromatic heterocycles. The van der Waals surface area contributed by atoms with E-state index in [1.807, 2.05) is 102 Å². The van der Waals surface area contributed by atoms with E-state index in [1.54, 1.807) is 7.05 Å². The molecule has 1 amide bonds. The van der Waals surface area contributed by atoms with E-state index in [-0.39, 0.29) is 34.8 Å². The van der Waals surface area contributed by atoms with Crippen molar-refractivity contribution >= 4 is 23.4 Å². The normalized spacial score (nSPS) is 19.9. The minimum atomic E-state index is -0.798. The Bertz CT molecular complexity index is 1460. The number of hydrogen-bond acceptors (Lipinski definition) is 8. The van der Waals surface area contributed by atoms with Crippen LogP contribution in [0, 0.1) is 16.2 Å². The summed E-state index contributed by atoms with van der Waals surface area (Å²) >= 11 is 0. The second-order valence-electron chi connectivity index (χ2n) is 24.0. The lowest BCUT2D eigenvalue weighted by Crippen LogP contribution is -2.61. The van der Waals surface area contributed by atoms with Gasteiger partial charge < -0.3 is 20.3 Å². The first-order chi connectivity index (χ1) is 26.4. The van der Waals surface area contributed by atoms with Crippen LogP contribution in [-0.2, 0) is 19.1 Å². The molecule has 342 valence electrons. The van der Waals surface area contributed by atoms with E-state index in [0.717, 1.165) is 45.1 Å². The average molecular weight is 829 g/mol. The molecule has 0 bridgehead atoms. The van der Waals surface area contributed by atoms with Crippen molar-refractivity contribution in [3.8, 4) is 0 Å². The number of nitrogens with one attached hydrogen (secondary N) is 2. The van der Waals surface area contributed by atoms with Crippen molar-refractivity contribution in [3.05, 3.63) is 24.3 Å². The molecule has 1 saturated heterocycles. The fourth-order valence-electron chi connectivity index (χ4n) is 9.29. The molecule has 1 heterocycles. The zero-order valence-corrected chi connectivity index (χ0v) is 41.9. The number of carbonyl (C=O) groups is 4. The largest absolute Gasteiger partial charge is 0.445 e. The van der Waals surface area contributed by atoms with Crippen molar-refractivity contribution in [3.63, 3.8) is 0 Å². The Kier molecular flexibility index (Phi) is 19.2. The summed E-state index contributed by atoms with van der Waals surface area (Å²) < 4.78 is 5.57. The number of carbonyl (C=O) groups excluding carboxylic acids is 4. The lowest BCUT2D eigenvalue weighted by molar-refractivity contribution is -0.140. The number of unbranched alkanes of at least 4 members (excludes halogenated alkanes) is 2. The molecule has 1 unspecified atom stereocenters. The van der Waals surface area contributed by atoms with Gasteiger partial charge in [-0.05, 0) is 140 Å². The molecule has 0 aromatic rings. The summed E-state index contributed by atoms with van der Waals surface area (Å²) in [4.78, 5) is 58.7. The Labute approximate surface area is 363 Å². The van der Waals surface area contributed by atoms with Gasteiger partial charge in [0.15, 0.2) is 17.3 Å². The summed E-state index contributed by atoms with van der Waals surface area (Å²) in [6.07, 6.45) is 15.6. The topological polar surface area (TPSA) is 108 Å². The fraction of sp³-hybridized carbons (Fsp3) is 0.840. The second-order valence-corrected chi connectivity index (χ2v) is 24.0. The lowest BCUT2D eigenvalue weighted by atomic mass is 9.72. The monoisotopic (exact) mass is 829 g/mol. The molecular formula is C50H92N4O5. The highest BCUT2D eigenvalue weighted by molar-refractivity contribution is 5.94. The Hall–Kier alpha value is -2.36. The molecule has 2 N–H and O–H groups in total. The summed E-state index contributed by atoms with van der Waals surface area (Å²) in [6, 6.07) is 0. The second kappa shape index (κ2) is 20.7. The van der Waals surface area contributed by atoms with Gasteiger partial charge >= 0.3 is 6.09 Å². The molecule has 9 heteroatoms. The summed E-state index contributed by atoms with van der Waals surface area (Å²) in [5, 5.41) is 7.31. The summed E-state index contributed by atoms with van der Waals surface area (Å²) in [5.74, 6) is 0.658. The quantitative estimate of drug-likeness (QED) is 0.0923. The van der Waals surface area contributed by atoms with Crippen LogP contribution in [0.4, 0.5) is 4.79 Å². The van der Waals surface area contributed by atoms with Gasteiger partial charge in [0.1, 0.15) is 6.61 Å². The van der Waals surface area contributed by atoms with Gasteiger partial charge in [0.2, 0.25) is 0 Å². The molecule has 0 saturated carbocycles. The minimum absolute atomic E-state index is 0.102. The number of ketones is 3. The van der Waals surface area contributed by atoms with E-state index < -0.39 is 39.0 Å². The van der Waals surface area contributed by atoms with Gasteiger partial charge in [-0.15, -0.1) is 0 Å². The predicted molar refractivity (Wildman–Crippen MR) is 248 cm³/mol. The highest BCUT2D eigenvalue weighted by atomic mass is 16.6. The molecule has 59 heavy (non-hydrogen) atoms. The molecule has 3 atom stereocenters. The zero-order valence-electron chi connectivity index (χ0n) is 41.9. The number of amides is 1. The maximum Gasteiger partial charge on any atom is 0.409 e. The van der Waals surface area contributed by atoms with Gasteiger partial charge in [0, 0.05) is 46.5 Å². The van der Waals surface area contributed by atoms with Gasteiger partial charge in [0.05, 0.1) is 16.6 Å². The number of nitrogens with zero attached hydrogens (tertiary/aromatic N) is 2. The van der Waals surface area contributed by atoms with Gasteiger partial charge in [-0.2, -0.15) is 0 Å². The van der Waals surface area contributed by atoms with Crippen LogP contribution in [-0.4, -0.2) is 93.2 Å². The van der Waals surface area contributed by atoms with Crippen LogP contribution in [0.1, 0.15) is 196 Å². The average Bonchev–Trinajstić information content (AvgIpc) is 3.50. The first-order valence-electron chi connectivity index (χ1n) is 22.6. The first kappa shape index (κ1) is 54.7. The van der Waals surface area contributed by atoms with Crippen LogP contribution in [0.3, 0.4) is 0 Å². The Morgan fingerprint density at radius 2 is 1.14 bits per heavy atom. The Balaban J connectivity index is 3.00. The van der Waals surface area contributed by atoms with Gasteiger partial charge in [-0.25, -0.2) is 4.79 Å². The fourth-order valence-corrected chi connectivity index (χ4v) is 9.29. The molecule has 1 aliphatic rings. The maximum atomic E-state index is 14.3. The minimum Gasteiger partial charge on any atom is -0.445 e. The SMILES string of the molecule is CN(CC[C@](C)(NC(C)(C)C)C(=O)C(C)(C)C)C(=O)OC/C=C/CCCC(CCC/C=C/C[C@@]1(C(=O)C(C)(C)C)CCCN1C(C)(C)C)(NC(C)(C)C)C(=O)C(C)(C)C. The van der Waals surface area contributed by atoms with Crippen LogP contribution in [0.5, 0.6) is 0 Å². The van der Waals surface area contributed by atoms with E-state index in [2.05, 4.69) is 69.2 Å². The van der Waals surface area contributed by atoms with Crippen molar-refractivity contribution in [1.29, 1.82) is 0 Å². The van der Waals surface area contributed by atoms with Crippen LogP contribution < -0.4 is 10.6 Å². The van der Waals surface area contributed by atoms with Crippen LogP contribution in [0.2, 0.25) is 0 Å². The third kappa shape index (κ3) is 17.1. The van der Waals surface area contributed by atoms with Crippen molar-refractivity contribution in [2.24, 2.45) is 16.2 Å². The number of rotatable bonds is 20. The van der Waals surface area contributed by atoms with E-state index in [9.17, 15) is 19.2 Å². The summed E-state index contributed by atoms with van der Waals surface area (Å²) in [7, 11) is 1.70. The lowest BCUT2D eigenvalue weighted by Gasteiger charge is -2.47. The maximum absolute atomic E-state index is 14.3. The molecule has 0 aromatic carbocycles. The Morgan fingerprint density at radius 3 is 1.58 bits per heavy atom. The zero-order chi connectivity index (χ0) is 46.1. The van der Waals surface area contributed by atoms with Crippen molar-refractivity contribution in [2.75, 3.05) is 26.7 Å². The highest BCUT2D eigenvalue weighted by Crippen LogP contribution is 2.43. The van der Waals surface area contributed by atoms with E-state index in [1.165, 1.54) is 4.90 Å². The highest BCUT2D eigenvalue weighted by Gasteiger charge is 2.53. The van der Waals surface area contributed by atoms with Gasteiger partial charge in [0.25, 0.3) is 0 Å². The summed E-state index contributed by atoms with van der Waals surface area (Å²) in [5.41, 5.74) is -4.11. The molecule has 1 aliphatic heterocycles. The number of allylic oxidation sites excluding steroid dienone is 2. The molecule has 0 spiro atoms. The van der Waals surface area contributed by atoms with Gasteiger partial charge in [-0.3, -0.25) is 19.3 Å². The smallest absolute Gasteiger partial charge is 0.409 e. The molecule has 0 radical (unpaired) electrons. The van der Waals surface area contributed by atoms with E-state index in [0.29, 0.717) is 38.0 Å². The first-order valence-corrected chi connectivity index (χ1v) is 22.6. The molecule has 0 aliphatic carbocycles. The Morgan fingerprint density at radius 1 is 0.644 bits per heavy atom. The number of ether oxygens (including phenoxy) is 1. The summed E-state index contributed by atoms with van der Waals surface area (Å²) in [6.45, 7) is 40.5. The van der Waals surface area contributed by atoms with Crippen LogP contribution >= 0.6 is 0 Å². The predicted octanol–water partition coefficient (Wildman–Crippen LogP) is 11.0. The van der Waals surface area contributed by atoms with Gasteiger partial charge in [-0.1, -0.05) is 86.6 Å². The third-order valence-electron chi connectivity index (χ3n) is 11.3. The van der Waals surface area contributed by atoms with Crippen molar-refractivity contribution in [1.82, 2.24) is 20.4 Å². The molecular weight excluding hydrogens is 737 g/mol.